The number of nitrogens with two attached hydrogens (primary N) is 1. The highest BCUT2D eigenvalue weighted by Crippen LogP contribution is 2.29. The summed E-state index contributed by atoms with van der Waals surface area (Å²) < 4.78 is 39.1. The van der Waals surface area contributed by atoms with Crippen LogP contribution in [0.4, 0.5) is 13.2 Å². The summed E-state index contributed by atoms with van der Waals surface area (Å²) in [7, 11) is 0. The van der Waals surface area contributed by atoms with E-state index in [2.05, 4.69) is 0 Å². The molecule has 0 heterocycles. The molecule has 0 radical (unpaired) electrons. The molecule has 1 aliphatic rings. The Labute approximate surface area is 96.6 Å². The lowest BCUT2D eigenvalue weighted by molar-refractivity contribution is 0.0916. The van der Waals surface area contributed by atoms with E-state index in [0.717, 1.165) is 12.1 Å². The van der Waals surface area contributed by atoms with E-state index in [0.29, 0.717) is 19.3 Å². The molecule has 1 saturated carbocycles. The minimum absolute atomic E-state index is 0.0719. The molecule has 0 aromatic heterocycles. The standard InChI is InChI=1S/C12H12F3NO/c13-9-4-3-8(10(14)11(9)15)12(17)6-1-2-7(16)5-6/h3-4,6-7H,1-2,5,16H2. The summed E-state index contributed by atoms with van der Waals surface area (Å²) in [6, 6.07) is 1.68. The maximum atomic E-state index is 13.4. The van der Waals surface area contributed by atoms with Crippen molar-refractivity contribution in [2.75, 3.05) is 0 Å². The SMILES string of the molecule is NC1CCC(C(=O)c2ccc(F)c(F)c2F)C1. The Kier molecular flexibility index (Phi) is 3.19. The Morgan fingerprint density at radius 2 is 1.88 bits per heavy atom. The van der Waals surface area contributed by atoms with E-state index in [1.807, 2.05) is 0 Å². The van der Waals surface area contributed by atoms with Crippen LogP contribution < -0.4 is 5.73 Å². The Balaban J connectivity index is 2.29. The van der Waals surface area contributed by atoms with Gasteiger partial charge in [-0.25, -0.2) is 13.2 Å². The first-order valence-corrected chi connectivity index (χ1v) is 5.44. The Bertz CT molecular complexity index is 461. The first-order valence-electron chi connectivity index (χ1n) is 5.44. The van der Waals surface area contributed by atoms with Crippen LogP contribution in [0, 0.1) is 23.4 Å². The van der Waals surface area contributed by atoms with E-state index in [9.17, 15) is 18.0 Å². The van der Waals surface area contributed by atoms with Gasteiger partial charge in [-0.3, -0.25) is 4.79 Å². The molecule has 2 unspecified atom stereocenters. The molecule has 2 N–H and O–H groups in total. The molecule has 1 aromatic carbocycles. The third kappa shape index (κ3) is 2.20. The number of Topliss-reactive ketones (excluding diaryl/α,β-unsaturated/α-hetero) is 1. The molecule has 17 heavy (non-hydrogen) atoms. The molecular formula is C12H12F3NO. The maximum absolute atomic E-state index is 13.4. The van der Waals surface area contributed by atoms with Crippen molar-refractivity contribution in [2.24, 2.45) is 11.7 Å². The number of carbonyl (C=O) groups excluding carboxylic acids is 1. The number of benzene rings is 1. The summed E-state index contributed by atoms with van der Waals surface area (Å²) >= 11 is 0. The van der Waals surface area contributed by atoms with Gasteiger partial charge in [0.05, 0.1) is 5.56 Å². The van der Waals surface area contributed by atoms with Crippen molar-refractivity contribution in [3.63, 3.8) is 0 Å². The summed E-state index contributed by atoms with van der Waals surface area (Å²) in [6.45, 7) is 0. The number of hydrogen-bond donors (Lipinski definition) is 1. The van der Waals surface area contributed by atoms with Crippen molar-refractivity contribution in [3.8, 4) is 0 Å². The molecular weight excluding hydrogens is 231 g/mol. The van der Waals surface area contributed by atoms with Crippen LogP contribution in [-0.2, 0) is 0 Å². The predicted molar refractivity (Wildman–Crippen MR) is 56.0 cm³/mol. The molecule has 1 fully saturated rings. The summed E-state index contributed by atoms with van der Waals surface area (Å²) in [4.78, 5) is 11.9. The third-order valence-electron chi connectivity index (χ3n) is 3.14. The average Bonchev–Trinajstić information content (AvgIpc) is 2.72. The summed E-state index contributed by atoms with van der Waals surface area (Å²) in [5.41, 5.74) is 5.27. The zero-order valence-electron chi connectivity index (χ0n) is 9.05. The van der Waals surface area contributed by atoms with Gasteiger partial charge in [-0.15, -0.1) is 0 Å². The van der Waals surface area contributed by atoms with Crippen LogP contribution in [-0.4, -0.2) is 11.8 Å². The summed E-state index contributed by atoms with van der Waals surface area (Å²) in [5, 5.41) is 0. The zero-order chi connectivity index (χ0) is 12.6. The van der Waals surface area contributed by atoms with Crippen molar-refractivity contribution in [1.82, 2.24) is 0 Å². The second-order valence-corrected chi connectivity index (χ2v) is 4.36. The Hall–Kier alpha value is -1.36. The topological polar surface area (TPSA) is 43.1 Å². The fraction of sp³-hybridized carbons (Fsp3) is 0.417. The lowest BCUT2D eigenvalue weighted by Crippen LogP contribution is -2.19. The van der Waals surface area contributed by atoms with Gasteiger partial charge in [0.2, 0.25) is 0 Å². The molecule has 2 atom stereocenters. The second-order valence-electron chi connectivity index (χ2n) is 4.36. The van der Waals surface area contributed by atoms with Crippen LogP contribution in [0.2, 0.25) is 0 Å². The molecule has 92 valence electrons. The van der Waals surface area contributed by atoms with Crippen LogP contribution >= 0.6 is 0 Å². The molecule has 2 rings (SSSR count). The van der Waals surface area contributed by atoms with E-state index in [1.54, 1.807) is 0 Å². The monoisotopic (exact) mass is 243 g/mol. The van der Waals surface area contributed by atoms with Crippen LogP contribution in [0.1, 0.15) is 29.6 Å². The highest BCUT2D eigenvalue weighted by Gasteiger charge is 2.31. The molecule has 0 bridgehead atoms. The fourth-order valence-corrected chi connectivity index (χ4v) is 2.19. The minimum Gasteiger partial charge on any atom is -0.328 e. The molecule has 5 heteroatoms. The van der Waals surface area contributed by atoms with E-state index >= 15 is 0 Å². The number of ketones is 1. The number of rotatable bonds is 2. The van der Waals surface area contributed by atoms with Crippen LogP contribution in [0.15, 0.2) is 12.1 Å². The van der Waals surface area contributed by atoms with Crippen LogP contribution in [0.25, 0.3) is 0 Å². The quantitative estimate of drug-likeness (QED) is 0.640. The molecule has 0 aliphatic heterocycles. The molecule has 1 aliphatic carbocycles. The number of halogens is 3. The molecule has 0 saturated heterocycles. The lowest BCUT2D eigenvalue weighted by Gasteiger charge is -2.09. The van der Waals surface area contributed by atoms with Crippen LogP contribution in [0.5, 0.6) is 0 Å². The third-order valence-corrected chi connectivity index (χ3v) is 3.14. The van der Waals surface area contributed by atoms with Crippen molar-refractivity contribution in [1.29, 1.82) is 0 Å². The Morgan fingerprint density at radius 3 is 2.47 bits per heavy atom. The highest BCUT2D eigenvalue weighted by molar-refractivity contribution is 5.98. The van der Waals surface area contributed by atoms with Gasteiger partial charge in [0.15, 0.2) is 23.2 Å². The van der Waals surface area contributed by atoms with E-state index in [1.165, 1.54) is 0 Å². The molecule has 0 spiro atoms. The maximum Gasteiger partial charge on any atom is 0.195 e. The normalized spacial score (nSPS) is 24.0. The average molecular weight is 243 g/mol. The van der Waals surface area contributed by atoms with Gasteiger partial charge in [-0.2, -0.15) is 0 Å². The van der Waals surface area contributed by atoms with Gasteiger partial charge < -0.3 is 5.73 Å². The van der Waals surface area contributed by atoms with E-state index in [4.69, 9.17) is 5.73 Å². The number of hydrogen-bond acceptors (Lipinski definition) is 2. The van der Waals surface area contributed by atoms with Gasteiger partial charge in [0, 0.05) is 12.0 Å². The highest BCUT2D eigenvalue weighted by atomic mass is 19.2. The molecule has 0 amide bonds. The van der Waals surface area contributed by atoms with Crippen molar-refractivity contribution in [3.05, 3.63) is 35.1 Å². The van der Waals surface area contributed by atoms with E-state index in [-0.39, 0.29) is 17.5 Å². The van der Waals surface area contributed by atoms with Gasteiger partial charge in [0.25, 0.3) is 0 Å². The first-order chi connectivity index (χ1) is 8.00. The molecule has 2 nitrogen and oxygen atoms in total. The predicted octanol–water partition coefficient (Wildman–Crippen LogP) is 2.41. The molecule has 1 aromatic rings. The zero-order valence-corrected chi connectivity index (χ0v) is 9.05. The first kappa shape index (κ1) is 12.1. The van der Waals surface area contributed by atoms with Gasteiger partial charge in [0.1, 0.15) is 0 Å². The minimum atomic E-state index is -1.60. The summed E-state index contributed by atoms with van der Waals surface area (Å²) in [5.74, 6) is -5.17. The van der Waals surface area contributed by atoms with E-state index < -0.39 is 23.2 Å². The van der Waals surface area contributed by atoms with Crippen molar-refractivity contribution >= 4 is 5.78 Å². The largest absolute Gasteiger partial charge is 0.328 e. The van der Waals surface area contributed by atoms with Crippen molar-refractivity contribution in [2.45, 2.75) is 25.3 Å². The van der Waals surface area contributed by atoms with Gasteiger partial charge in [-0.1, -0.05) is 0 Å². The summed E-state index contributed by atoms with van der Waals surface area (Å²) in [6.07, 6.45) is 1.73. The Morgan fingerprint density at radius 1 is 1.18 bits per heavy atom. The lowest BCUT2D eigenvalue weighted by atomic mass is 9.95. The van der Waals surface area contributed by atoms with Crippen LogP contribution in [0.3, 0.4) is 0 Å². The number of carbonyl (C=O) groups is 1. The fourth-order valence-electron chi connectivity index (χ4n) is 2.19. The smallest absolute Gasteiger partial charge is 0.195 e. The van der Waals surface area contributed by atoms with Gasteiger partial charge >= 0.3 is 0 Å². The van der Waals surface area contributed by atoms with Gasteiger partial charge in [-0.05, 0) is 31.4 Å². The second kappa shape index (κ2) is 4.49. The van der Waals surface area contributed by atoms with Crippen molar-refractivity contribution < 1.29 is 18.0 Å².